The van der Waals surface area contributed by atoms with Gasteiger partial charge in [0.1, 0.15) is 10.7 Å². The van der Waals surface area contributed by atoms with Crippen molar-refractivity contribution in [1.82, 2.24) is 9.88 Å². The van der Waals surface area contributed by atoms with Crippen molar-refractivity contribution in [2.75, 3.05) is 49.2 Å². The first kappa shape index (κ1) is 20.9. The molecule has 156 valence electrons. The fourth-order valence-electron chi connectivity index (χ4n) is 3.26. The number of rotatable bonds is 5. The lowest BCUT2D eigenvalue weighted by Crippen LogP contribution is -2.44. The van der Waals surface area contributed by atoms with Crippen LogP contribution in [0.15, 0.2) is 42.5 Å². The van der Waals surface area contributed by atoms with Crippen LogP contribution >= 0.6 is 34.5 Å². The standard InChI is InChI=1S/C21H21Cl2N5OS/c1-27-8-10-28(11-9-27)15-5-3-14(4-6-15)25-21-26-20(24)19(30-21)18(29)13-2-7-16(22)17(23)12-13/h2-7,12H,8-11,24H2,1H3,(H,25,26). The van der Waals surface area contributed by atoms with Crippen molar-refractivity contribution >= 4 is 62.6 Å². The molecule has 0 bridgehead atoms. The number of carbonyl (C=O) groups excluding carboxylic acids is 1. The van der Waals surface area contributed by atoms with Gasteiger partial charge in [-0.25, -0.2) is 4.98 Å². The topological polar surface area (TPSA) is 74.5 Å². The molecule has 0 radical (unpaired) electrons. The summed E-state index contributed by atoms with van der Waals surface area (Å²) < 4.78 is 0. The van der Waals surface area contributed by atoms with E-state index in [9.17, 15) is 4.79 Å². The number of nitrogen functional groups attached to an aromatic ring is 1. The number of nitrogens with two attached hydrogens (primary N) is 1. The highest BCUT2D eigenvalue weighted by Gasteiger charge is 2.19. The summed E-state index contributed by atoms with van der Waals surface area (Å²) in [6, 6.07) is 12.9. The first-order chi connectivity index (χ1) is 14.4. The lowest BCUT2D eigenvalue weighted by atomic mass is 10.1. The molecule has 3 N–H and O–H groups in total. The summed E-state index contributed by atoms with van der Waals surface area (Å²) in [4.78, 5) is 22.2. The summed E-state index contributed by atoms with van der Waals surface area (Å²) >= 11 is 13.2. The van der Waals surface area contributed by atoms with Crippen molar-refractivity contribution in [3.8, 4) is 0 Å². The zero-order valence-electron chi connectivity index (χ0n) is 16.4. The Kier molecular flexibility index (Phi) is 6.15. The van der Waals surface area contributed by atoms with E-state index in [1.807, 2.05) is 12.1 Å². The number of nitrogens with zero attached hydrogens (tertiary/aromatic N) is 3. The summed E-state index contributed by atoms with van der Waals surface area (Å²) in [6.45, 7) is 4.17. The predicted octanol–water partition coefficient (Wildman–Crippen LogP) is 4.76. The van der Waals surface area contributed by atoms with Crippen LogP contribution < -0.4 is 16.0 Å². The lowest BCUT2D eigenvalue weighted by molar-refractivity contribution is 0.104. The molecule has 1 aliphatic rings. The fourth-order valence-corrected chi connectivity index (χ4v) is 4.43. The Labute approximate surface area is 189 Å². The van der Waals surface area contributed by atoms with Gasteiger partial charge in [0.15, 0.2) is 5.13 Å². The molecule has 9 heteroatoms. The molecule has 4 rings (SSSR count). The number of benzene rings is 2. The van der Waals surface area contributed by atoms with Crippen LogP contribution in [0.25, 0.3) is 0 Å². The van der Waals surface area contributed by atoms with Gasteiger partial charge in [0.25, 0.3) is 0 Å². The Bertz CT molecular complexity index is 1060. The highest BCUT2D eigenvalue weighted by atomic mass is 35.5. The molecule has 0 unspecified atom stereocenters. The summed E-state index contributed by atoms with van der Waals surface area (Å²) in [7, 11) is 2.14. The van der Waals surface area contributed by atoms with Crippen LogP contribution in [0.5, 0.6) is 0 Å². The number of anilines is 4. The quantitative estimate of drug-likeness (QED) is 0.533. The first-order valence-corrected chi connectivity index (χ1v) is 11.0. The third kappa shape index (κ3) is 4.54. The van der Waals surface area contributed by atoms with Gasteiger partial charge >= 0.3 is 0 Å². The van der Waals surface area contributed by atoms with Gasteiger partial charge < -0.3 is 20.9 Å². The SMILES string of the molecule is CN1CCN(c2ccc(Nc3nc(N)c(C(=O)c4ccc(Cl)c(Cl)c4)s3)cc2)CC1. The molecule has 0 amide bonds. The van der Waals surface area contributed by atoms with Gasteiger partial charge in [0.2, 0.25) is 5.78 Å². The monoisotopic (exact) mass is 461 g/mol. The third-order valence-corrected chi connectivity index (χ3v) is 6.75. The molecule has 1 aliphatic heterocycles. The molecule has 1 aromatic heterocycles. The second-order valence-corrected chi connectivity index (χ2v) is 8.97. The van der Waals surface area contributed by atoms with E-state index in [0.29, 0.717) is 25.6 Å². The van der Waals surface area contributed by atoms with Crippen LogP contribution in [0, 0.1) is 0 Å². The molecular weight excluding hydrogens is 441 g/mol. The number of piperazine rings is 1. The van der Waals surface area contributed by atoms with Gasteiger partial charge in [-0.3, -0.25) is 4.79 Å². The van der Waals surface area contributed by atoms with Crippen molar-refractivity contribution in [2.24, 2.45) is 0 Å². The Hall–Kier alpha value is -2.32. The second kappa shape index (κ2) is 8.81. The number of carbonyl (C=O) groups is 1. The molecule has 3 aromatic rings. The van der Waals surface area contributed by atoms with Gasteiger partial charge in [-0.15, -0.1) is 0 Å². The van der Waals surface area contributed by atoms with Gasteiger partial charge in [-0.05, 0) is 49.5 Å². The van der Waals surface area contributed by atoms with Crippen molar-refractivity contribution in [1.29, 1.82) is 0 Å². The maximum absolute atomic E-state index is 12.8. The van der Waals surface area contributed by atoms with Crippen LogP contribution in [-0.4, -0.2) is 48.9 Å². The minimum absolute atomic E-state index is 0.188. The zero-order valence-corrected chi connectivity index (χ0v) is 18.7. The Balaban J connectivity index is 1.47. The van der Waals surface area contributed by atoms with E-state index < -0.39 is 0 Å². The summed E-state index contributed by atoms with van der Waals surface area (Å²) in [5.41, 5.74) is 8.50. The zero-order chi connectivity index (χ0) is 21.3. The minimum Gasteiger partial charge on any atom is -0.382 e. The van der Waals surface area contributed by atoms with Crippen molar-refractivity contribution in [2.45, 2.75) is 0 Å². The van der Waals surface area contributed by atoms with Gasteiger partial charge in [0, 0.05) is 43.1 Å². The smallest absolute Gasteiger partial charge is 0.206 e. The van der Waals surface area contributed by atoms with Crippen molar-refractivity contribution in [3.63, 3.8) is 0 Å². The largest absolute Gasteiger partial charge is 0.382 e. The summed E-state index contributed by atoms with van der Waals surface area (Å²) in [5.74, 6) is -0.0466. The predicted molar refractivity (Wildman–Crippen MR) is 126 cm³/mol. The van der Waals surface area contributed by atoms with E-state index in [1.54, 1.807) is 12.1 Å². The van der Waals surface area contributed by atoms with Crippen molar-refractivity contribution < 1.29 is 4.79 Å². The van der Waals surface area contributed by atoms with E-state index in [4.69, 9.17) is 28.9 Å². The number of hydrogen-bond acceptors (Lipinski definition) is 7. The molecule has 1 fully saturated rings. The number of nitrogens with one attached hydrogen (secondary N) is 1. The molecule has 0 aliphatic carbocycles. The van der Waals surface area contributed by atoms with Crippen LogP contribution in [0.2, 0.25) is 10.0 Å². The number of hydrogen-bond donors (Lipinski definition) is 2. The summed E-state index contributed by atoms with van der Waals surface area (Å²) in [6.07, 6.45) is 0. The van der Waals surface area contributed by atoms with E-state index in [2.05, 4.69) is 39.3 Å². The van der Waals surface area contributed by atoms with E-state index >= 15 is 0 Å². The Morgan fingerprint density at radius 2 is 1.77 bits per heavy atom. The van der Waals surface area contributed by atoms with Gasteiger partial charge in [-0.2, -0.15) is 0 Å². The molecule has 0 spiro atoms. The molecular formula is C21H21Cl2N5OS. The maximum atomic E-state index is 12.8. The van der Waals surface area contributed by atoms with Crippen LogP contribution in [0.1, 0.15) is 15.2 Å². The number of aromatic nitrogens is 1. The maximum Gasteiger partial charge on any atom is 0.206 e. The summed E-state index contributed by atoms with van der Waals surface area (Å²) in [5, 5.41) is 4.51. The Morgan fingerprint density at radius 1 is 1.07 bits per heavy atom. The minimum atomic E-state index is -0.234. The highest BCUT2D eigenvalue weighted by molar-refractivity contribution is 7.18. The van der Waals surface area contributed by atoms with E-state index in [0.717, 1.165) is 31.9 Å². The fraction of sp³-hybridized carbons (Fsp3) is 0.238. The average molecular weight is 462 g/mol. The first-order valence-electron chi connectivity index (χ1n) is 9.47. The van der Waals surface area contributed by atoms with E-state index in [1.165, 1.54) is 23.1 Å². The molecule has 2 heterocycles. The number of ketones is 1. The van der Waals surface area contributed by atoms with Gasteiger partial charge in [0.05, 0.1) is 10.0 Å². The third-order valence-electron chi connectivity index (χ3n) is 5.03. The molecule has 2 aromatic carbocycles. The number of likely N-dealkylation sites (N-methyl/N-ethyl adjacent to an activating group) is 1. The molecule has 0 atom stereocenters. The van der Waals surface area contributed by atoms with Gasteiger partial charge in [-0.1, -0.05) is 34.5 Å². The number of halogens is 2. The Morgan fingerprint density at radius 3 is 2.43 bits per heavy atom. The lowest BCUT2D eigenvalue weighted by Gasteiger charge is -2.34. The molecule has 0 saturated carbocycles. The number of thiazole rings is 1. The van der Waals surface area contributed by atoms with E-state index in [-0.39, 0.29) is 11.6 Å². The van der Waals surface area contributed by atoms with Crippen LogP contribution in [0.4, 0.5) is 22.3 Å². The normalized spacial score (nSPS) is 14.7. The highest BCUT2D eigenvalue weighted by Crippen LogP contribution is 2.32. The molecule has 30 heavy (non-hydrogen) atoms. The van der Waals surface area contributed by atoms with Crippen LogP contribution in [0.3, 0.4) is 0 Å². The average Bonchev–Trinajstić information content (AvgIpc) is 3.10. The van der Waals surface area contributed by atoms with Crippen LogP contribution in [-0.2, 0) is 0 Å². The van der Waals surface area contributed by atoms with Crippen molar-refractivity contribution in [3.05, 3.63) is 63.0 Å². The molecule has 6 nitrogen and oxygen atoms in total. The second-order valence-electron chi connectivity index (χ2n) is 7.15. The molecule has 1 saturated heterocycles.